The molecule has 20 heavy (non-hydrogen) atoms. The maximum absolute atomic E-state index is 5.86. The monoisotopic (exact) mass is 278 g/mol. The molecular formula is C16H26N2O2. The smallest absolute Gasteiger partial charge is 0.125 e. The quantitative estimate of drug-likeness (QED) is 0.777. The molecule has 112 valence electrons. The molecule has 1 aromatic rings. The van der Waals surface area contributed by atoms with Crippen molar-refractivity contribution in [3.05, 3.63) is 24.2 Å². The Morgan fingerprint density at radius 3 is 2.80 bits per heavy atom. The Labute approximate surface area is 121 Å². The number of hydrogen-bond acceptors (Lipinski definition) is 4. The summed E-state index contributed by atoms with van der Waals surface area (Å²) in [6.45, 7) is 6.74. The molecule has 1 aliphatic heterocycles. The van der Waals surface area contributed by atoms with Crippen LogP contribution in [-0.4, -0.2) is 44.0 Å². The van der Waals surface area contributed by atoms with Gasteiger partial charge in [0.2, 0.25) is 0 Å². The highest BCUT2D eigenvalue weighted by atomic mass is 16.5. The van der Waals surface area contributed by atoms with Crippen molar-refractivity contribution in [2.75, 3.05) is 27.2 Å². The molecule has 0 bridgehead atoms. The Balaban J connectivity index is 2.08. The van der Waals surface area contributed by atoms with E-state index in [1.54, 1.807) is 6.26 Å². The standard InChI is InChI=1S/C16H26N2O2/c1-15(2)11-16(7-9-20-15,13-18(3)4)12-17-10-14-6-5-8-19-14/h5-6,8,12H,7,9-11,13H2,1-4H3/t16-/m1/s1. The fourth-order valence-electron chi connectivity index (χ4n) is 3.17. The van der Waals surface area contributed by atoms with Crippen LogP contribution in [0.2, 0.25) is 0 Å². The van der Waals surface area contributed by atoms with Gasteiger partial charge in [-0.15, -0.1) is 0 Å². The van der Waals surface area contributed by atoms with E-state index in [1.165, 1.54) is 0 Å². The third-order valence-electron chi connectivity index (χ3n) is 3.69. The lowest BCUT2D eigenvalue weighted by molar-refractivity contribution is -0.0887. The molecule has 4 nitrogen and oxygen atoms in total. The summed E-state index contributed by atoms with van der Waals surface area (Å²) in [6.07, 6.45) is 5.86. The number of ether oxygens (including phenoxy) is 1. The van der Waals surface area contributed by atoms with Crippen LogP contribution in [0.3, 0.4) is 0 Å². The van der Waals surface area contributed by atoms with Gasteiger partial charge in [0.1, 0.15) is 5.76 Å². The first kappa shape index (κ1) is 15.3. The first-order chi connectivity index (χ1) is 9.41. The van der Waals surface area contributed by atoms with Gasteiger partial charge in [-0.1, -0.05) is 0 Å². The van der Waals surface area contributed by atoms with Crippen molar-refractivity contribution < 1.29 is 9.15 Å². The van der Waals surface area contributed by atoms with Crippen molar-refractivity contribution in [2.45, 2.75) is 38.8 Å². The molecule has 2 heterocycles. The summed E-state index contributed by atoms with van der Waals surface area (Å²) in [5.41, 5.74) is 0.0167. The fraction of sp³-hybridized carbons (Fsp3) is 0.688. The maximum atomic E-state index is 5.86. The fourth-order valence-corrected chi connectivity index (χ4v) is 3.17. The zero-order chi connectivity index (χ0) is 14.6. The minimum absolute atomic E-state index is 0.0784. The molecule has 1 aromatic heterocycles. The molecule has 0 N–H and O–H groups in total. The predicted molar refractivity (Wildman–Crippen MR) is 81.2 cm³/mol. The van der Waals surface area contributed by atoms with Crippen LogP contribution in [0, 0.1) is 5.41 Å². The highest BCUT2D eigenvalue weighted by Gasteiger charge is 2.40. The zero-order valence-corrected chi connectivity index (χ0v) is 13.1. The SMILES string of the molecule is CN(C)C[C@]1(C=NCc2ccco2)CCOC(C)(C)C1. The molecule has 1 aliphatic rings. The van der Waals surface area contributed by atoms with Crippen molar-refractivity contribution in [3.63, 3.8) is 0 Å². The lowest BCUT2D eigenvalue weighted by Crippen LogP contribution is -2.47. The van der Waals surface area contributed by atoms with E-state index in [0.29, 0.717) is 6.54 Å². The molecule has 0 saturated carbocycles. The summed E-state index contributed by atoms with van der Waals surface area (Å²) in [4.78, 5) is 6.86. The van der Waals surface area contributed by atoms with Gasteiger partial charge in [-0.3, -0.25) is 4.99 Å². The summed E-state index contributed by atoms with van der Waals surface area (Å²) in [6, 6.07) is 3.86. The molecule has 1 atom stereocenters. The predicted octanol–water partition coefficient (Wildman–Crippen LogP) is 2.99. The van der Waals surface area contributed by atoms with Crippen molar-refractivity contribution in [1.29, 1.82) is 0 Å². The molecule has 0 spiro atoms. The molecule has 1 saturated heterocycles. The third-order valence-corrected chi connectivity index (χ3v) is 3.69. The Bertz CT molecular complexity index is 437. The normalized spacial score (nSPS) is 26.4. The van der Waals surface area contributed by atoms with Gasteiger partial charge >= 0.3 is 0 Å². The second-order valence-electron chi connectivity index (χ2n) is 6.68. The lowest BCUT2D eigenvalue weighted by Gasteiger charge is -2.44. The minimum Gasteiger partial charge on any atom is -0.467 e. The van der Waals surface area contributed by atoms with E-state index < -0.39 is 0 Å². The molecule has 0 unspecified atom stereocenters. The van der Waals surface area contributed by atoms with E-state index in [-0.39, 0.29) is 11.0 Å². The van der Waals surface area contributed by atoms with Crippen LogP contribution >= 0.6 is 0 Å². The van der Waals surface area contributed by atoms with E-state index >= 15 is 0 Å². The van der Waals surface area contributed by atoms with Gasteiger partial charge in [0.15, 0.2) is 0 Å². The summed E-state index contributed by atoms with van der Waals surface area (Å²) in [5.74, 6) is 0.910. The van der Waals surface area contributed by atoms with Gasteiger partial charge < -0.3 is 14.1 Å². The van der Waals surface area contributed by atoms with E-state index in [1.807, 2.05) is 12.1 Å². The maximum Gasteiger partial charge on any atom is 0.125 e. The average Bonchev–Trinajstić information content (AvgIpc) is 2.79. The van der Waals surface area contributed by atoms with Crippen molar-refractivity contribution in [1.82, 2.24) is 4.90 Å². The van der Waals surface area contributed by atoms with Crippen LogP contribution in [0.4, 0.5) is 0 Å². The summed E-state index contributed by atoms with van der Waals surface area (Å²) in [7, 11) is 4.23. The first-order valence-electron chi connectivity index (χ1n) is 7.23. The Kier molecular flexibility index (Phi) is 4.66. The van der Waals surface area contributed by atoms with Crippen LogP contribution in [0.15, 0.2) is 27.8 Å². The molecule has 2 rings (SSSR count). The molecule has 1 fully saturated rings. The zero-order valence-electron chi connectivity index (χ0n) is 13.1. The Morgan fingerprint density at radius 1 is 1.40 bits per heavy atom. The van der Waals surface area contributed by atoms with Crippen LogP contribution in [0.1, 0.15) is 32.4 Å². The summed E-state index contributed by atoms with van der Waals surface area (Å²) < 4.78 is 11.2. The molecule has 0 amide bonds. The van der Waals surface area contributed by atoms with Crippen molar-refractivity contribution in [3.8, 4) is 0 Å². The van der Waals surface area contributed by atoms with Crippen LogP contribution in [-0.2, 0) is 11.3 Å². The number of nitrogens with zero attached hydrogens (tertiary/aromatic N) is 2. The van der Waals surface area contributed by atoms with E-state index in [4.69, 9.17) is 9.15 Å². The molecular weight excluding hydrogens is 252 g/mol. The van der Waals surface area contributed by atoms with Gasteiger partial charge in [0, 0.05) is 24.8 Å². The minimum atomic E-state index is -0.0784. The van der Waals surface area contributed by atoms with E-state index in [0.717, 1.165) is 31.8 Å². The molecule has 4 heteroatoms. The van der Waals surface area contributed by atoms with E-state index in [9.17, 15) is 0 Å². The van der Waals surface area contributed by atoms with Gasteiger partial charge in [0.25, 0.3) is 0 Å². The molecule has 0 aromatic carbocycles. The van der Waals surface area contributed by atoms with Gasteiger partial charge in [-0.2, -0.15) is 0 Å². The Morgan fingerprint density at radius 2 is 2.20 bits per heavy atom. The summed E-state index contributed by atoms with van der Waals surface area (Å²) in [5, 5.41) is 0. The van der Waals surface area contributed by atoms with Crippen LogP contribution in [0.5, 0.6) is 0 Å². The highest BCUT2D eigenvalue weighted by Crippen LogP contribution is 2.38. The number of rotatable bonds is 5. The second kappa shape index (κ2) is 6.10. The number of furan rings is 1. The highest BCUT2D eigenvalue weighted by molar-refractivity contribution is 5.66. The van der Waals surface area contributed by atoms with Gasteiger partial charge in [0.05, 0.1) is 18.4 Å². The van der Waals surface area contributed by atoms with Crippen LogP contribution in [0.25, 0.3) is 0 Å². The van der Waals surface area contributed by atoms with Gasteiger partial charge in [-0.05, 0) is 52.9 Å². The number of hydrogen-bond donors (Lipinski definition) is 0. The van der Waals surface area contributed by atoms with E-state index in [2.05, 4.69) is 44.0 Å². The third kappa shape index (κ3) is 4.18. The van der Waals surface area contributed by atoms with Crippen molar-refractivity contribution >= 4 is 6.21 Å². The lowest BCUT2D eigenvalue weighted by atomic mass is 9.74. The largest absolute Gasteiger partial charge is 0.467 e. The average molecular weight is 278 g/mol. The molecule has 0 aliphatic carbocycles. The second-order valence-corrected chi connectivity index (χ2v) is 6.68. The number of aliphatic imine (C=N–C) groups is 1. The topological polar surface area (TPSA) is 38.0 Å². The Hall–Kier alpha value is -1.13. The van der Waals surface area contributed by atoms with Crippen LogP contribution < -0.4 is 0 Å². The summed E-state index contributed by atoms with van der Waals surface area (Å²) >= 11 is 0. The van der Waals surface area contributed by atoms with Crippen molar-refractivity contribution in [2.24, 2.45) is 10.4 Å². The first-order valence-corrected chi connectivity index (χ1v) is 7.23. The molecule has 0 radical (unpaired) electrons. The van der Waals surface area contributed by atoms with Gasteiger partial charge in [-0.25, -0.2) is 0 Å².